The molecule has 0 bridgehead atoms. The van der Waals surface area contributed by atoms with E-state index < -0.39 is 0 Å². The molecule has 0 aromatic carbocycles. The van der Waals surface area contributed by atoms with Crippen LogP contribution < -0.4 is 0 Å². The van der Waals surface area contributed by atoms with Crippen molar-refractivity contribution in [1.29, 1.82) is 0 Å². The predicted molar refractivity (Wildman–Crippen MR) is 10.7 cm³/mol. The van der Waals surface area contributed by atoms with Gasteiger partial charge in [0.25, 0.3) is 0 Å². The second-order valence-corrected chi connectivity index (χ2v) is 1.50. The summed E-state index contributed by atoms with van der Waals surface area (Å²) in [7, 11) is 0. The van der Waals surface area contributed by atoms with Gasteiger partial charge in [0.1, 0.15) is 0 Å². The number of rotatable bonds is 0. The molecule has 0 unspecified atom stereocenters. The molecule has 0 atom stereocenters. The van der Waals surface area contributed by atoms with Crippen molar-refractivity contribution >= 4 is 4.49 Å². The van der Waals surface area contributed by atoms with E-state index >= 15 is 0 Å². The Bertz CT molecular complexity index is 29.0. The molecule has 4 heavy (non-hydrogen) atoms. The molecule has 0 aromatic rings. The second-order valence-electron chi connectivity index (χ2n) is 0.519. The van der Waals surface area contributed by atoms with Crippen LogP contribution >= 0.6 is 0 Å². The third-order valence-electron chi connectivity index (χ3n) is 0. The SMILES string of the molecule is C[C](=O)[V]. The van der Waals surface area contributed by atoms with Crippen molar-refractivity contribution < 1.29 is 22.2 Å². The van der Waals surface area contributed by atoms with Crippen molar-refractivity contribution in [2.75, 3.05) is 0 Å². The van der Waals surface area contributed by atoms with Gasteiger partial charge < -0.3 is 0 Å². The first kappa shape index (κ1) is 4.25. The molecule has 0 N–H and O–H groups in total. The quantitative estimate of drug-likeness (QED) is 0.415. The van der Waals surface area contributed by atoms with E-state index in [9.17, 15) is 4.79 Å². The zero-order chi connectivity index (χ0) is 3.58. The molecule has 0 radical (unpaired) electrons. The summed E-state index contributed by atoms with van der Waals surface area (Å²) in [5.74, 6) is 0. The Kier molecular flexibility index (Phi) is 1.66. The Morgan fingerprint density at radius 2 is 2.00 bits per heavy atom. The van der Waals surface area contributed by atoms with E-state index in [2.05, 4.69) is 0 Å². The molecule has 0 fully saturated rings. The monoisotopic (exact) mass is 94.0 g/mol. The van der Waals surface area contributed by atoms with Crippen molar-refractivity contribution in [1.82, 2.24) is 0 Å². The molecule has 0 aliphatic carbocycles. The van der Waals surface area contributed by atoms with Crippen LogP contribution in [-0.2, 0) is 22.2 Å². The van der Waals surface area contributed by atoms with Crippen LogP contribution in [0.2, 0.25) is 0 Å². The summed E-state index contributed by atoms with van der Waals surface area (Å²) in [4.78, 5) is 9.42. The van der Waals surface area contributed by atoms with Crippen molar-refractivity contribution in [2.45, 2.75) is 6.92 Å². The average Bonchev–Trinajstić information content (AvgIpc) is 0.811. The zero-order valence-electron chi connectivity index (χ0n) is 2.36. The van der Waals surface area contributed by atoms with E-state index in [-0.39, 0.29) is 4.49 Å². The molecule has 22 valence electrons. The van der Waals surface area contributed by atoms with Crippen LogP contribution in [0.1, 0.15) is 6.92 Å². The Morgan fingerprint density at radius 3 is 2.00 bits per heavy atom. The summed E-state index contributed by atoms with van der Waals surface area (Å²) in [6, 6.07) is 0. The summed E-state index contributed by atoms with van der Waals surface area (Å²) < 4.78 is 0.104. The zero-order valence-corrected chi connectivity index (χ0v) is 3.75. The fourth-order valence-corrected chi connectivity index (χ4v) is 0. The number of hydrogen-bond donors (Lipinski definition) is 0. The molecule has 1 nitrogen and oxygen atoms in total. The molecule has 0 heterocycles. The van der Waals surface area contributed by atoms with Crippen molar-refractivity contribution in [3.8, 4) is 0 Å². The minimum atomic E-state index is 0.104. The molecule has 0 saturated carbocycles. The molecular formula is C2H3OV. The van der Waals surface area contributed by atoms with Crippen LogP contribution in [0.25, 0.3) is 0 Å². The Morgan fingerprint density at radius 1 is 2.00 bits per heavy atom. The maximum absolute atomic E-state index is 9.42. The maximum atomic E-state index is 9.42. The van der Waals surface area contributed by atoms with E-state index in [1.54, 1.807) is 0 Å². The Hall–Kier alpha value is 0.254. The molecule has 0 saturated heterocycles. The van der Waals surface area contributed by atoms with E-state index in [0.717, 1.165) is 0 Å². The first-order chi connectivity index (χ1) is 1.73. The fourth-order valence-electron chi connectivity index (χ4n) is 0. The summed E-state index contributed by atoms with van der Waals surface area (Å²) in [6.07, 6.45) is 0. The summed E-state index contributed by atoms with van der Waals surface area (Å²) in [5.41, 5.74) is 0. The number of carbonyl (C=O) groups excluding carboxylic acids is 1. The van der Waals surface area contributed by atoms with E-state index in [0.29, 0.717) is 0 Å². The average molecular weight is 94.0 g/mol. The van der Waals surface area contributed by atoms with E-state index in [1.807, 2.05) is 17.4 Å². The second kappa shape index (κ2) is 1.56. The van der Waals surface area contributed by atoms with Gasteiger partial charge >= 0.3 is 33.6 Å². The first-order valence-electron chi connectivity index (χ1n) is 0.928. The van der Waals surface area contributed by atoms with E-state index in [4.69, 9.17) is 0 Å². The van der Waals surface area contributed by atoms with Gasteiger partial charge in [0, 0.05) is 0 Å². The van der Waals surface area contributed by atoms with Crippen molar-refractivity contribution in [2.24, 2.45) is 0 Å². The summed E-state index contributed by atoms with van der Waals surface area (Å²) >= 11 is 1.90. The minimum absolute atomic E-state index is 0.104. The fraction of sp³-hybridized carbons (Fsp3) is 0.500. The van der Waals surface area contributed by atoms with Crippen LogP contribution in [-0.4, -0.2) is 4.49 Å². The van der Waals surface area contributed by atoms with Gasteiger partial charge in [-0.2, -0.15) is 0 Å². The van der Waals surface area contributed by atoms with Gasteiger partial charge in [0.05, 0.1) is 0 Å². The normalized spacial score (nSPS) is 6.25. The third-order valence-corrected chi connectivity index (χ3v) is 0. The Labute approximate surface area is 34.4 Å². The molecule has 0 spiro atoms. The van der Waals surface area contributed by atoms with Crippen molar-refractivity contribution in [3.05, 3.63) is 0 Å². The van der Waals surface area contributed by atoms with Gasteiger partial charge in [-0.15, -0.1) is 0 Å². The number of hydrogen-bond acceptors (Lipinski definition) is 1. The van der Waals surface area contributed by atoms with Gasteiger partial charge in [0.15, 0.2) is 0 Å². The molecule has 0 aliphatic rings. The predicted octanol–water partition coefficient (Wildman–Crippen LogP) is 0.0797. The summed E-state index contributed by atoms with van der Waals surface area (Å²) in [6.45, 7) is 1.50. The molecule has 0 rings (SSSR count). The van der Waals surface area contributed by atoms with Gasteiger partial charge in [-0.3, -0.25) is 0 Å². The van der Waals surface area contributed by atoms with Gasteiger partial charge in [0.2, 0.25) is 0 Å². The molecule has 0 aliphatic heterocycles. The topological polar surface area (TPSA) is 17.1 Å². The van der Waals surface area contributed by atoms with Crippen molar-refractivity contribution in [3.63, 3.8) is 0 Å². The van der Waals surface area contributed by atoms with Crippen LogP contribution in [0.15, 0.2) is 0 Å². The van der Waals surface area contributed by atoms with Crippen LogP contribution in [0, 0.1) is 0 Å². The Balaban J connectivity index is 2.80. The molecule has 0 amide bonds. The first-order valence-corrected chi connectivity index (χ1v) is 1.63. The standard InChI is InChI=1S/C2H3O.V/c1-2-3;/h1H3;. The van der Waals surface area contributed by atoms with Gasteiger partial charge in [-0.25, -0.2) is 0 Å². The van der Waals surface area contributed by atoms with Crippen LogP contribution in [0.4, 0.5) is 0 Å². The summed E-state index contributed by atoms with van der Waals surface area (Å²) in [5, 5.41) is 0. The van der Waals surface area contributed by atoms with E-state index in [1.165, 1.54) is 6.92 Å². The molecular weight excluding hydrogens is 91.0 g/mol. The molecule has 2 heteroatoms. The van der Waals surface area contributed by atoms with Crippen LogP contribution in [0.5, 0.6) is 0 Å². The molecule has 0 aromatic heterocycles. The number of carbonyl (C=O) groups is 1. The van der Waals surface area contributed by atoms with Gasteiger partial charge in [-0.05, 0) is 0 Å². The third kappa shape index (κ3) is 54.8. The van der Waals surface area contributed by atoms with Crippen LogP contribution in [0.3, 0.4) is 0 Å². The van der Waals surface area contributed by atoms with Gasteiger partial charge in [-0.1, -0.05) is 0 Å².